The number of para-hydroxylation sites is 1. The van der Waals surface area contributed by atoms with Crippen LogP contribution in [0.3, 0.4) is 0 Å². The molecule has 8 aromatic rings. The van der Waals surface area contributed by atoms with Gasteiger partial charge in [-0.2, -0.15) is 0 Å². The average molecular weight is 632 g/mol. The molecule has 4 aromatic carbocycles. The van der Waals surface area contributed by atoms with E-state index in [9.17, 15) is 0 Å². The second kappa shape index (κ2) is 15.2. The molecule has 12 nitrogen and oxygen atoms in total. The molecule has 0 atom stereocenters. The number of nitrogens with one attached hydrogen (secondary N) is 4. The highest BCUT2D eigenvalue weighted by Gasteiger charge is 2.09. The highest BCUT2D eigenvalue weighted by molar-refractivity contribution is 6.19. The summed E-state index contributed by atoms with van der Waals surface area (Å²) >= 11 is 0. The smallest absolute Gasteiger partial charge is 0.224 e. The first-order chi connectivity index (χ1) is 23.3. The van der Waals surface area contributed by atoms with Gasteiger partial charge in [-0.05, 0) is 80.8 Å². The van der Waals surface area contributed by atoms with Crippen LogP contribution in [0.1, 0.15) is 22.3 Å². The summed E-state index contributed by atoms with van der Waals surface area (Å²) in [6.45, 7) is 7.96. The van der Waals surface area contributed by atoms with Gasteiger partial charge in [0, 0.05) is 0 Å². The van der Waals surface area contributed by atoms with Crippen molar-refractivity contribution in [2.24, 2.45) is 0 Å². The van der Waals surface area contributed by atoms with Gasteiger partial charge >= 0.3 is 0 Å². The van der Waals surface area contributed by atoms with E-state index in [1.54, 1.807) is 0 Å². The molecule has 0 saturated heterocycles. The maximum absolute atomic E-state index is 5.26. The average Bonchev–Trinajstić information content (AvgIpc) is 3.90. The van der Waals surface area contributed by atoms with Gasteiger partial charge in [0.05, 0.1) is 21.5 Å². The lowest BCUT2D eigenvalue weighted by Gasteiger charge is -1.95. The molecule has 0 saturated carbocycles. The van der Waals surface area contributed by atoms with Crippen LogP contribution in [-0.4, -0.2) is 52.6 Å². The Morgan fingerprint density at radius 1 is 0.458 bits per heavy atom. The Balaban J connectivity index is 0.000000125. The predicted molar refractivity (Wildman–Crippen MR) is 192 cm³/mol. The van der Waals surface area contributed by atoms with Crippen molar-refractivity contribution >= 4 is 99.1 Å². The number of aromatic nitrogens is 4. The third kappa shape index (κ3) is 7.27. The predicted octanol–water partition coefficient (Wildman–Crippen LogP) is 6.53. The molecule has 8 rings (SSSR count). The molecule has 48 heavy (non-hydrogen) atoms. The van der Waals surface area contributed by atoms with Crippen LogP contribution >= 0.6 is 0 Å². The van der Waals surface area contributed by atoms with Gasteiger partial charge in [0.1, 0.15) is 0 Å². The number of aryl methyl sites for hydroxylation is 4. The van der Waals surface area contributed by atoms with E-state index in [0.29, 0.717) is 23.3 Å². The normalized spacial score (nSPS) is 10.4. The Kier molecular flexibility index (Phi) is 10.6. The minimum Gasteiger partial charge on any atom is -0.419 e. The zero-order chi connectivity index (χ0) is 34.2. The van der Waals surface area contributed by atoms with Gasteiger partial charge in [0.25, 0.3) is 0 Å². The fraction of sp³-hybridized carbons (Fsp3) is 0.125. The van der Waals surface area contributed by atoms with Crippen LogP contribution in [0.15, 0.2) is 90.9 Å². The molecule has 16 heteroatoms. The molecule has 0 aliphatic rings. The lowest BCUT2D eigenvalue weighted by molar-refractivity contribution is 0.459. The summed E-state index contributed by atoms with van der Waals surface area (Å²) < 4.78 is 20.1. The first-order valence-electron chi connectivity index (χ1n) is 14.6. The van der Waals surface area contributed by atoms with E-state index < -0.39 is 0 Å². The summed E-state index contributed by atoms with van der Waals surface area (Å²) in [6, 6.07) is 23.2. The number of anilines is 4. The minimum absolute atomic E-state index is 0.574. The van der Waals surface area contributed by atoms with Gasteiger partial charge in [-0.3, -0.25) is 0 Å². The van der Waals surface area contributed by atoms with E-state index in [4.69, 9.17) is 50.0 Å². The van der Waals surface area contributed by atoms with Crippen LogP contribution < -0.4 is 20.9 Å². The standard InChI is InChI=1S/4C8H7BN2O/c1-5-2-3-7-6(4-5)8(10-9)11-12-7;1-5-2-3-6-7(4-5)12-11-8(6)10-9;1-5-3-2-4-6-7(5)8(10-9)11-12-6;1-5-3-2-4-6-7(5)12-11-8(6)10-9/h4*2-4H,1H3,(H,10,11). The van der Waals surface area contributed by atoms with Crippen molar-refractivity contribution in [3.8, 4) is 0 Å². The fourth-order valence-electron chi connectivity index (χ4n) is 4.77. The van der Waals surface area contributed by atoms with Gasteiger partial charge in [-0.15, -0.1) is 0 Å². The summed E-state index contributed by atoms with van der Waals surface area (Å²) in [4.78, 5) is 0. The second-order valence-corrected chi connectivity index (χ2v) is 10.6. The maximum atomic E-state index is 5.26. The van der Waals surface area contributed by atoms with E-state index in [-0.39, 0.29) is 0 Å². The van der Waals surface area contributed by atoms with Crippen LogP contribution in [-0.2, 0) is 0 Å². The number of benzene rings is 4. The SMILES string of the molecule is [B]Nc1noc2c(C)cccc12.[B]Nc1noc2cc(C)ccc12.[B]Nc1noc2ccc(C)cc12.[B]Nc1noc2cccc(C)c12. The Morgan fingerprint density at radius 2 is 1.00 bits per heavy atom. The molecule has 4 N–H and O–H groups in total. The van der Waals surface area contributed by atoms with E-state index >= 15 is 0 Å². The van der Waals surface area contributed by atoms with Crippen molar-refractivity contribution in [1.82, 2.24) is 20.6 Å². The molecule has 0 aliphatic heterocycles. The quantitative estimate of drug-likeness (QED) is 0.156. The first kappa shape index (κ1) is 33.6. The number of fused-ring (bicyclic) bond motifs is 4. The van der Waals surface area contributed by atoms with Crippen LogP contribution in [0.25, 0.3) is 43.9 Å². The summed E-state index contributed by atoms with van der Waals surface area (Å²) in [5.41, 5.74) is 7.48. The van der Waals surface area contributed by atoms with Crippen molar-refractivity contribution in [3.05, 3.63) is 95.1 Å². The molecule has 0 amide bonds. The molecule has 4 heterocycles. The minimum atomic E-state index is 0.574. The Morgan fingerprint density at radius 3 is 1.73 bits per heavy atom. The number of rotatable bonds is 4. The van der Waals surface area contributed by atoms with Crippen molar-refractivity contribution in [2.75, 3.05) is 20.9 Å². The third-order valence-electron chi connectivity index (χ3n) is 7.20. The molecule has 8 radical (unpaired) electrons. The van der Waals surface area contributed by atoms with E-state index in [1.807, 2.05) is 100 Å². The van der Waals surface area contributed by atoms with Crippen LogP contribution in [0.4, 0.5) is 23.3 Å². The first-order valence-corrected chi connectivity index (χ1v) is 14.6. The zero-order valence-corrected chi connectivity index (χ0v) is 26.7. The molecule has 4 aromatic heterocycles. The highest BCUT2D eigenvalue weighted by Crippen LogP contribution is 2.26. The van der Waals surface area contributed by atoms with Crippen molar-refractivity contribution in [3.63, 3.8) is 0 Å². The number of nitrogens with zero attached hydrogens (tertiary/aromatic N) is 4. The van der Waals surface area contributed by atoms with Crippen LogP contribution in [0, 0.1) is 27.7 Å². The third-order valence-corrected chi connectivity index (χ3v) is 7.20. The summed E-state index contributed by atoms with van der Waals surface area (Å²) in [5, 5.41) is 28.6. The monoisotopic (exact) mass is 632 g/mol. The lowest BCUT2D eigenvalue weighted by Crippen LogP contribution is -1.90. The summed E-state index contributed by atoms with van der Waals surface area (Å²) in [5.74, 6) is 2.32. The number of hydrogen-bond acceptors (Lipinski definition) is 12. The maximum Gasteiger partial charge on any atom is 0.224 e. The van der Waals surface area contributed by atoms with E-state index in [2.05, 4.69) is 41.5 Å². The van der Waals surface area contributed by atoms with Gasteiger partial charge < -0.3 is 39.0 Å². The molecule has 0 fully saturated rings. The molecule has 0 bridgehead atoms. The molecule has 232 valence electrons. The van der Waals surface area contributed by atoms with Gasteiger partial charge in [-0.1, -0.05) is 62.6 Å². The molecule has 0 aliphatic carbocycles. The number of hydrogen-bond donors (Lipinski definition) is 4. The largest absolute Gasteiger partial charge is 0.419 e. The van der Waals surface area contributed by atoms with E-state index in [1.165, 1.54) is 0 Å². The Bertz CT molecular complexity index is 2270. The zero-order valence-electron chi connectivity index (χ0n) is 26.7. The topological polar surface area (TPSA) is 152 Å². The van der Waals surface area contributed by atoms with Crippen molar-refractivity contribution < 1.29 is 18.1 Å². The molecule has 0 spiro atoms. The Labute approximate surface area is 281 Å². The van der Waals surface area contributed by atoms with Crippen molar-refractivity contribution in [2.45, 2.75) is 27.7 Å². The molecule has 0 unspecified atom stereocenters. The Hall–Kier alpha value is -5.78. The summed E-state index contributed by atoms with van der Waals surface area (Å²) in [7, 11) is 21.0. The van der Waals surface area contributed by atoms with Gasteiger partial charge in [0.2, 0.25) is 31.9 Å². The fourth-order valence-corrected chi connectivity index (χ4v) is 4.77. The summed E-state index contributed by atoms with van der Waals surface area (Å²) in [6.07, 6.45) is 0. The van der Waals surface area contributed by atoms with E-state index in [0.717, 1.165) is 66.1 Å². The second-order valence-electron chi connectivity index (χ2n) is 10.6. The molecular weight excluding hydrogens is 604 g/mol. The molecular formula is C32H28B4N8O4. The van der Waals surface area contributed by atoms with Crippen LogP contribution in [0.5, 0.6) is 0 Å². The van der Waals surface area contributed by atoms with Gasteiger partial charge in [0.15, 0.2) is 45.6 Å². The van der Waals surface area contributed by atoms with Crippen LogP contribution in [0.2, 0.25) is 0 Å². The lowest BCUT2D eigenvalue weighted by atomic mass is 10.1. The van der Waals surface area contributed by atoms with Crippen molar-refractivity contribution in [1.29, 1.82) is 0 Å². The van der Waals surface area contributed by atoms with Gasteiger partial charge in [-0.25, -0.2) is 0 Å². The highest BCUT2D eigenvalue weighted by atomic mass is 16.5.